The van der Waals surface area contributed by atoms with Gasteiger partial charge in [0.25, 0.3) is 0 Å². The lowest BCUT2D eigenvalue weighted by atomic mass is 9.98. The highest BCUT2D eigenvalue weighted by molar-refractivity contribution is 6.30. The second-order valence-electron chi connectivity index (χ2n) is 5.76. The lowest BCUT2D eigenvalue weighted by Gasteiger charge is -2.31. The van der Waals surface area contributed by atoms with Crippen LogP contribution in [0, 0.1) is 6.92 Å². The molecule has 3 heteroatoms. The summed E-state index contributed by atoms with van der Waals surface area (Å²) in [5.41, 5.74) is 9.98. The van der Waals surface area contributed by atoms with E-state index in [1.54, 1.807) is 0 Å². The van der Waals surface area contributed by atoms with E-state index in [4.69, 9.17) is 17.3 Å². The lowest BCUT2D eigenvalue weighted by Crippen LogP contribution is -2.36. The third-order valence-corrected chi connectivity index (χ3v) is 3.99. The van der Waals surface area contributed by atoms with E-state index in [-0.39, 0.29) is 12.1 Å². The van der Waals surface area contributed by atoms with E-state index in [9.17, 15) is 0 Å². The zero-order valence-electron chi connectivity index (χ0n) is 12.9. The Morgan fingerprint density at radius 2 is 1.62 bits per heavy atom. The van der Waals surface area contributed by atoms with Crippen LogP contribution in [0.15, 0.2) is 48.5 Å². The summed E-state index contributed by atoms with van der Waals surface area (Å²) in [6.07, 6.45) is 0. The van der Waals surface area contributed by atoms with Gasteiger partial charge in [-0.2, -0.15) is 0 Å². The van der Waals surface area contributed by atoms with Gasteiger partial charge in [0.1, 0.15) is 0 Å². The summed E-state index contributed by atoms with van der Waals surface area (Å²) in [4.78, 5) is 2.29. The van der Waals surface area contributed by atoms with Gasteiger partial charge in [0.2, 0.25) is 0 Å². The van der Waals surface area contributed by atoms with E-state index in [1.807, 2.05) is 12.1 Å². The summed E-state index contributed by atoms with van der Waals surface area (Å²) >= 11 is 5.94. The van der Waals surface area contributed by atoms with Gasteiger partial charge < -0.3 is 5.73 Å². The number of nitrogens with zero attached hydrogens (tertiary/aromatic N) is 1. The van der Waals surface area contributed by atoms with Crippen molar-refractivity contribution in [2.75, 3.05) is 7.05 Å². The van der Waals surface area contributed by atoms with Crippen LogP contribution in [0.3, 0.4) is 0 Å². The van der Waals surface area contributed by atoms with Crippen LogP contribution in [0.25, 0.3) is 0 Å². The highest BCUT2D eigenvalue weighted by atomic mass is 35.5. The van der Waals surface area contributed by atoms with Crippen LogP contribution >= 0.6 is 11.6 Å². The van der Waals surface area contributed by atoms with E-state index in [0.717, 1.165) is 11.6 Å². The molecule has 2 rings (SSSR count). The molecule has 0 spiro atoms. The molecule has 112 valence electrons. The Hall–Kier alpha value is -1.35. The number of halogens is 1. The Balaban J connectivity index is 2.17. The van der Waals surface area contributed by atoms with Gasteiger partial charge in [-0.25, -0.2) is 0 Å². The van der Waals surface area contributed by atoms with Crippen molar-refractivity contribution in [3.05, 3.63) is 70.2 Å². The van der Waals surface area contributed by atoms with Gasteiger partial charge in [-0.3, -0.25) is 4.90 Å². The van der Waals surface area contributed by atoms with Gasteiger partial charge in [0.05, 0.1) is 0 Å². The van der Waals surface area contributed by atoms with Gasteiger partial charge in [-0.15, -0.1) is 0 Å². The summed E-state index contributed by atoms with van der Waals surface area (Å²) in [7, 11) is 2.11. The Labute approximate surface area is 132 Å². The molecule has 0 saturated heterocycles. The maximum atomic E-state index is 6.22. The van der Waals surface area contributed by atoms with Crippen molar-refractivity contribution in [2.45, 2.75) is 32.5 Å². The summed E-state index contributed by atoms with van der Waals surface area (Å²) in [5.74, 6) is 0. The number of aryl methyl sites for hydroxylation is 1. The van der Waals surface area contributed by atoms with Gasteiger partial charge in [0.15, 0.2) is 0 Å². The van der Waals surface area contributed by atoms with Gasteiger partial charge >= 0.3 is 0 Å². The zero-order chi connectivity index (χ0) is 15.4. The van der Waals surface area contributed by atoms with Crippen molar-refractivity contribution in [1.29, 1.82) is 0 Å². The molecule has 0 aromatic heterocycles. The highest BCUT2D eigenvalue weighted by Gasteiger charge is 2.21. The molecule has 0 aliphatic heterocycles. The maximum Gasteiger partial charge on any atom is 0.0496 e. The van der Waals surface area contributed by atoms with E-state index < -0.39 is 0 Å². The minimum Gasteiger partial charge on any atom is -0.326 e. The van der Waals surface area contributed by atoms with Crippen molar-refractivity contribution in [1.82, 2.24) is 4.90 Å². The summed E-state index contributed by atoms with van der Waals surface area (Å²) in [6.45, 7) is 5.00. The molecule has 2 aromatic carbocycles. The van der Waals surface area contributed by atoms with E-state index >= 15 is 0 Å². The molecule has 2 nitrogen and oxygen atoms in total. The largest absolute Gasteiger partial charge is 0.326 e. The molecule has 0 aliphatic rings. The third-order valence-electron chi connectivity index (χ3n) is 3.74. The Morgan fingerprint density at radius 3 is 2.14 bits per heavy atom. The molecule has 0 heterocycles. The molecule has 2 atom stereocenters. The van der Waals surface area contributed by atoms with Crippen molar-refractivity contribution >= 4 is 11.6 Å². The first-order chi connectivity index (χ1) is 9.97. The molecule has 0 aliphatic carbocycles. The van der Waals surface area contributed by atoms with Crippen LogP contribution in [-0.2, 0) is 6.54 Å². The predicted molar refractivity (Wildman–Crippen MR) is 90.5 cm³/mol. The van der Waals surface area contributed by atoms with Crippen LogP contribution in [0.4, 0.5) is 0 Å². The monoisotopic (exact) mass is 302 g/mol. The van der Waals surface area contributed by atoms with Crippen LogP contribution < -0.4 is 5.73 Å². The molecule has 0 saturated carbocycles. The molecular formula is C18H23ClN2. The molecule has 2 N–H and O–H groups in total. The number of hydrogen-bond acceptors (Lipinski definition) is 2. The second-order valence-corrected chi connectivity index (χ2v) is 6.19. The fraction of sp³-hybridized carbons (Fsp3) is 0.333. The van der Waals surface area contributed by atoms with Gasteiger partial charge in [-0.05, 0) is 44.2 Å². The van der Waals surface area contributed by atoms with Crippen molar-refractivity contribution in [2.24, 2.45) is 5.73 Å². The Bertz CT molecular complexity index is 561. The maximum absolute atomic E-state index is 6.22. The summed E-state index contributed by atoms with van der Waals surface area (Å²) < 4.78 is 0. The van der Waals surface area contributed by atoms with E-state index in [2.05, 4.69) is 62.2 Å². The quantitative estimate of drug-likeness (QED) is 0.898. The van der Waals surface area contributed by atoms with E-state index in [0.29, 0.717) is 0 Å². The molecule has 0 radical (unpaired) electrons. The molecule has 0 fully saturated rings. The molecule has 21 heavy (non-hydrogen) atoms. The van der Waals surface area contributed by atoms with Crippen molar-refractivity contribution in [3.8, 4) is 0 Å². The summed E-state index contributed by atoms with van der Waals surface area (Å²) in [6, 6.07) is 16.9. The molecule has 0 amide bonds. The van der Waals surface area contributed by atoms with Crippen molar-refractivity contribution < 1.29 is 0 Å². The first-order valence-electron chi connectivity index (χ1n) is 7.24. The highest BCUT2D eigenvalue weighted by Crippen LogP contribution is 2.24. The predicted octanol–water partition coefficient (Wildman–Crippen LogP) is 4.17. The number of benzene rings is 2. The van der Waals surface area contributed by atoms with Crippen molar-refractivity contribution in [3.63, 3.8) is 0 Å². The average molecular weight is 303 g/mol. The van der Waals surface area contributed by atoms with Crippen LogP contribution in [-0.4, -0.2) is 18.0 Å². The minimum atomic E-state index is 0.0602. The van der Waals surface area contributed by atoms with Crippen LogP contribution in [0.5, 0.6) is 0 Å². The fourth-order valence-electron chi connectivity index (χ4n) is 2.70. The number of nitrogens with two attached hydrogens (primary N) is 1. The first-order valence-corrected chi connectivity index (χ1v) is 7.62. The Morgan fingerprint density at radius 1 is 1.05 bits per heavy atom. The van der Waals surface area contributed by atoms with Crippen LogP contribution in [0.2, 0.25) is 5.02 Å². The second kappa shape index (κ2) is 7.08. The third kappa shape index (κ3) is 4.31. The number of rotatable bonds is 5. The normalized spacial score (nSPS) is 14.2. The first kappa shape index (κ1) is 16.0. The zero-order valence-corrected chi connectivity index (χ0v) is 13.6. The smallest absolute Gasteiger partial charge is 0.0496 e. The van der Waals surface area contributed by atoms with Gasteiger partial charge in [0, 0.05) is 23.7 Å². The molecule has 2 aromatic rings. The standard InChI is InChI=1S/C18H23ClN2/c1-13-4-8-16(9-5-13)18(14(2)20)21(3)12-15-6-10-17(19)11-7-15/h4-11,14,18H,12,20H2,1-3H3. The fourth-order valence-corrected chi connectivity index (χ4v) is 2.83. The van der Waals surface area contributed by atoms with Gasteiger partial charge in [-0.1, -0.05) is 53.6 Å². The number of hydrogen-bond donors (Lipinski definition) is 1. The Kier molecular flexibility index (Phi) is 5.40. The summed E-state index contributed by atoms with van der Waals surface area (Å²) in [5, 5.41) is 0.767. The topological polar surface area (TPSA) is 29.3 Å². The minimum absolute atomic E-state index is 0.0602. The van der Waals surface area contributed by atoms with E-state index in [1.165, 1.54) is 16.7 Å². The SMILES string of the molecule is Cc1ccc(C(C(C)N)N(C)Cc2ccc(Cl)cc2)cc1. The molecular weight excluding hydrogens is 280 g/mol. The van der Waals surface area contributed by atoms with Crippen LogP contribution in [0.1, 0.15) is 29.7 Å². The average Bonchev–Trinajstić information content (AvgIpc) is 2.43. The molecule has 2 unspecified atom stereocenters. The number of likely N-dealkylation sites (N-methyl/N-ethyl adjacent to an activating group) is 1. The lowest BCUT2D eigenvalue weighted by molar-refractivity contribution is 0.211. The molecule has 0 bridgehead atoms.